The Morgan fingerprint density at radius 1 is 1.37 bits per heavy atom. The Kier molecular flexibility index (Phi) is 4.87. The Hall–Kier alpha value is -1.02. The number of aromatic nitrogens is 2. The number of hydrogen-bond donors (Lipinski definition) is 2. The molecule has 1 aliphatic heterocycles. The van der Waals surface area contributed by atoms with Gasteiger partial charge in [-0.3, -0.25) is 4.99 Å². The van der Waals surface area contributed by atoms with Crippen LogP contribution in [0.4, 0.5) is 0 Å². The van der Waals surface area contributed by atoms with Crippen LogP contribution in [0.15, 0.2) is 29.5 Å². The first-order valence-electron chi connectivity index (χ1n) is 5.96. The molecular formula is C12H15ClIN5. The fraction of sp³-hybridized carbons (Fsp3) is 0.333. The molecule has 3 heterocycles. The predicted octanol–water partition coefficient (Wildman–Crippen LogP) is 2.04. The van der Waals surface area contributed by atoms with E-state index in [2.05, 4.69) is 20.6 Å². The molecular weight excluding hydrogens is 377 g/mol. The second-order valence-corrected chi connectivity index (χ2v) is 4.65. The van der Waals surface area contributed by atoms with Crippen LogP contribution in [-0.2, 0) is 6.54 Å². The van der Waals surface area contributed by atoms with Crippen LogP contribution in [0.25, 0.3) is 5.65 Å². The minimum absolute atomic E-state index is 0. The summed E-state index contributed by atoms with van der Waals surface area (Å²) in [5.74, 6) is 0.858. The van der Waals surface area contributed by atoms with Crippen molar-refractivity contribution in [1.29, 1.82) is 0 Å². The molecule has 0 aromatic carbocycles. The highest BCUT2D eigenvalue weighted by Crippen LogP contribution is 2.11. The molecule has 0 fully saturated rings. The second kappa shape index (κ2) is 6.42. The highest BCUT2D eigenvalue weighted by molar-refractivity contribution is 14.0. The van der Waals surface area contributed by atoms with Gasteiger partial charge in [0.2, 0.25) is 0 Å². The maximum absolute atomic E-state index is 5.93. The Bertz CT molecular complexity index is 595. The number of nitrogens with zero attached hydrogens (tertiary/aromatic N) is 3. The summed E-state index contributed by atoms with van der Waals surface area (Å²) in [7, 11) is 0. The van der Waals surface area contributed by atoms with Gasteiger partial charge >= 0.3 is 0 Å². The third kappa shape index (κ3) is 3.50. The maximum Gasteiger partial charge on any atom is 0.191 e. The van der Waals surface area contributed by atoms with Crippen molar-refractivity contribution in [1.82, 2.24) is 20.0 Å². The first-order chi connectivity index (χ1) is 8.81. The van der Waals surface area contributed by atoms with Crippen LogP contribution in [0.2, 0.25) is 5.02 Å². The number of rotatable bonds is 2. The lowest BCUT2D eigenvalue weighted by Gasteiger charge is -2.15. The van der Waals surface area contributed by atoms with Gasteiger partial charge in [0.25, 0.3) is 0 Å². The summed E-state index contributed by atoms with van der Waals surface area (Å²) in [6, 6.07) is 3.75. The number of nitrogens with one attached hydrogen (secondary N) is 2. The average Bonchev–Trinajstić information content (AvgIpc) is 2.79. The van der Waals surface area contributed by atoms with Gasteiger partial charge in [-0.2, -0.15) is 0 Å². The Labute approximate surface area is 133 Å². The molecule has 2 aromatic heterocycles. The number of hydrogen-bond acceptors (Lipinski definition) is 4. The second-order valence-electron chi connectivity index (χ2n) is 4.21. The Morgan fingerprint density at radius 2 is 2.26 bits per heavy atom. The van der Waals surface area contributed by atoms with Gasteiger partial charge < -0.3 is 15.0 Å². The molecule has 0 radical (unpaired) electrons. The summed E-state index contributed by atoms with van der Waals surface area (Å²) in [5, 5.41) is 7.17. The van der Waals surface area contributed by atoms with Crippen molar-refractivity contribution in [3.05, 3.63) is 35.2 Å². The van der Waals surface area contributed by atoms with Crippen molar-refractivity contribution in [2.24, 2.45) is 4.99 Å². The molecule has 1 aliphatic rings. The number of halogens is 2. The SMILES string of the molecule is Clc1ccc2nc(CNC3=NCCCN3)cn2c1.I. The summed E-state index contributed by atoms with van der Waals surface area (Å²) >= 11 is 5.93. The van der Waals surface area contributed by atoms with Crippen molar-refractivity contribution in [2.45, 2.75) is 13.0 Å². The van der Waals surface area contributed by atoms with Gasteiger partial charge in [-0.05, 0) is 18.6 Å². The molecule has 19 heavy (non-hydrogen) atoms. The van der Waals surface area contributed by atoms with Gasteiger partial charge in [0.15, 0.2) is 5.96 Å². The number of aliphatic imine (C=N–C) groups is 1. The first-order valence-corrected chi connectivity index (χ1v) is 6.34. The predicted molar refractivity (Wildman–Crippen MR) is 87.4 cm³/mol. The lowest BCUT2D eigenvalue weighted by atomic mass is 10.4. The molecule has 0 spiro atoms. The summed E-state index contributed by atoms with van der Waals surface area (Å²) in [4.78, 5) is 8.85. The van der Waals surface area contributed by atoms with E-state index in [0.717, 1.165) is 36.8 Å². The van der Waals surface area contributed by atoms with E-state index in [4.69, 9.17) is 11.6 Å². The third-order valence-electron chi connectivity index (χ3n) is 2.80. The van der Waals surface area contributed by atoms with Crippen LogP contribution < -0.4 is 10.6 Å². The van der Waals surface area contributed by atoms with Gasteiger partial charge in [0.05, 0.1) is 17.3 Å². The van der Waals surface area contributed by atoms with E-state index >= 15 is 0 Å². The highest BCUT2D eigenvalue weighted by atomic mass is 127. The average molecular weight is 392 g/mol. The standard InChI is InChI=1S/C12H14ClN5.HI/c13-9-2-3-11-17-10(8-18(11)7-9)6-16-12-14-4-1-5-15-12;/h2-3,7-8H,1,4-6H2,(H2,14,15,16);1H. The normalized spacial score (nSPS) is 14.5. The summed E-state index contributed by atoms with van der Waals surface area (Å²) in [5.41, 5.74) is 1.86. The number of guanidine groups is 1. The van der Waals surface area contributed by atoms with Crippen LogP contribution in [0.3, 0.4) is 0 Å². The zero-order chi connectivity index (χ0) is 12.4. The van der Waals surface area contributed by atoms with E-state index in [-0.39, 0.29) is 24.0 Å². The van der Waals surface area contributed by atoms with Crippen LogP contribution >= 0.6 is 35.6 Å². The van der Waals surface area contributed by atoms with E-state index in [1.807, 2.05) is 28.9 Å². The molecule has 0 atom stereocenters. The number of pyridine rings is 1. The van der Waals surface area contributed by atoms with Gasteiger partial charge in [0, 0.05) is 25.5 Å². The van der Waals surface area contributed by atoms with Crippen molar-refractivity contribution < 1.29 is 0 Å². The molecule has 0 unspecified atom stereocenters. The Balaban J connectivity index is 0.00000133. The smallest absolute Gasteiger partial charge is 0.191 e. The molecule has 2 aromatic rings. The zero-order valence-electron chi connectivity index (χ0n) is 10.3. The molecule has 0 amide bonds. The molecule has 3 rings (SSSR count). The minimum Gasteiger partial charge on any atom is -0.356 e. The first kappa shape index (κ1) is 14.4. The van der Waals surface area contributed by atoms with Crippen LogP contribution in [0.1, 0.15) is 12.1 Å². The molecule has 0 saturated carbocycles. The summed E-state index contributed by atoms with van der Waals surface area (Å²) in [6.45, 7) is 2.52. The fourth-order valence-electron chi connectivity index (χ4n) is 1.93. The molecule has 2 N–H and O–H groups in total. The molecule has 0 bridgehead atoms. The van der Waals surface area contributed by atoms with Crippen LogP contribution in [-0.4, -0.2) is 28.4 Å². The highest BCUT2D eigenvalue weighted by Gasteiger charge is 2.05. The largest absolute Gasteiger partial charge is 0.356 e. The molecule has 0 aliphatic carbocycles. The van der Waals surface area contributed by atoms with Crippen molar-refractivity contribution in [2.75, 3.05) is 13.1 Å². The number of fused-ring (bicyclic) bond motifs is 1. The van der Waals surface area contributed by atoms with Crippen molar-refractivity contribution in [3.63, 3.8) is 0 Å². The third-order valence-corrected chi connectivity index (χ3v) is 3.02. The van der Waals surface area contributed by atoms with E-state index in [1.54, 1.807) is 0 Å². The van der Waals surface area contributed by atoms with Gasteiger partial charge in [-0.15, -0.1) is 24.0 Å². The lowest BCUT2D eigenvalue weighted by molar-refractivity contribution is 0.699. The van der Waals surface area contributed by atoms with Crippen molar-refractivity contribution in [3.8, 4) is 0 Å². The Morgan fingerprint density at radius 3 is 3.05 bits per heavy atom. The topological polar surface area (TPSA) is 53.7 Å². The van der Waals surface area contributed by atoms with Gasteiger partial charge in [0.1, 0.15) is 5.65 Å². The molecule has 5 nitrogen and oxygen atoms in total. The summed E-state index contributed by atoms with van der Waals surface area (Å²) < 4.78 is 1.93. The fourth-order valence-corrected chi connectivity index (χ4v) is 2.10. The van der Waals surface area contributed by atoms with Gasteiger partial charge in [-0.25, -0.2) is 4.98 Å². The molecule has 102 valence electrons. The van der Waals surface area contributed by atoms with E-state index in [1.165, 1.54) is 0 Å². The van der Waals surface area contributed by atoms with Crippen molar-refractivity contribution >= 4 is 47.2 Å². The maximum atomic E-state index is 5.93. The molecule has 7 heteroatoms. The quantitative estimate of drug-likeness (QED) is 0.771. The zero-order valence-corrected chi connectivity index (χ0v) is 13.4. The monoisotopic (exact) mass is 391 g/mol. The van der Waals surface area contributed by atoms with E-state index < -0.39 is 0 Å². The lowest BCUT2D eigenvalue weighted by Crippen LogP contribution is -2.40. The number of imidazole rings is 1. The van der Waals surface area contributed by atoms with Crippen LogP contribution in [0, 0.1) is 0 Å². The summed E-state index contributed by atoms with van der Waals surface area (Å²) in [6.07, 6.45) is 4.92. The van der Waals surface area contributed by atoms with Crippen LogP contribution in [0.5, 0.6) is 0 Å². The van der Waals surface area contributed by atoms with E-state index in [0.29, 0.717) is 11.6 Å². The molecule has 0 saturated heterocycles. The minimum atomic E-state index is 0. The van der Waals surface area contributed by atoms with Gasteiger partial charge in [-0.1, -0.05) is 11.6 Å². The van der Waals surface area contributed by atoms with E-state index in [9.17, 15) is 0 Å².